The molecule has 1 saturated carbocycles. The molecule has 1 heterocycles. The molecule has 2 rings (SSSR count). The predicted octanol–water partition coefficient (Wildman–Crippen LogP) is 0.588. The number of amides is 4. The first kappa shape index (κ1) is 17.7. The summed E-state index contributed by atoms with van der Waals surface area (Å²) in [5.41, 5.74) is 5.29. The van der Waals surface area contributed by atoms with Gasteiger partial charge < -0.3 is 11.1 Å². The summed E-state index contributed by atoms with van der Waals surface area (Å²) in [6, 6.07) is -0.247. The topological polar surface area (TPSA) is 105 Å². The van der Waals surface area contributed by atoms with E-state index >= 15 is 0 Å². The number of piperidine rings is 1. The second-order valence-corrected chi connectivity index (χ2v) is 6.84. The molecule has 7 heteroatoms. The van der Waals surface area contributed by atoms with Crippen molar-refractivity contribution in [3.63, 3.8) is 0 Å². The third-order valence-corrected chi connectivity index (χ3v) is 5.04. The Kier molecular flexibility index (Phi) is 6.38. The average molecular weight is 324 g/mol. The van der Waals surface area contributed by atoms with Crippen LogP contribution in [0.3, 0.4) is 0 Å². The average Bonchev–Trinajstić information content (AvgIpc) is 2.50. The lowest BCUT2D eigenvalue weighted by Gasteiger charge is -2.30. The van der Waals surface area contributed by atoms with Gasteiger partial charge in [-0.2, -0.15) is 0 Å². The Labute approximate surface area is 137 Å². The van der Waals surface area contributed by atoms with Crippen molar-refractivity contribution in [1.82, 2.24) is 15.5 Å². The van der Waals surface area contributed by atoms with Gasteiger partial charge in [-0.1, -0.05) is 19.8 Å². The van der Waals surface area contributed by atoms with Gasteiger partial charge >= 0.3 is 6.03 Å². The van der Waals surface area contributed by atoms with Crippen LogP contribution in [0.1, 0.15) is 45.4 Å². The maximum absolute atomic E-state index is 12.0. The van der Waals surface area contributed by atoms with Gasteiger partial charge in [-0.25, -0.2) is 4.79 Å². The first-order valence-electron chi connectivity index (χ1n) is 8.57. The van der Waals surface area contributed by atoms with E-state index in [9.17, 15) is 14.4 Å². The number of nitrogens with zero attached hydrogens (tertiary/aromatic N) is 1. The van der Waals surface area contributed by atoms with E-state index in [4.69, 9.17) is 5.73 Å². The van der Waals surface area contributed by atoms with Gasteiger partial charge in [0.2, 0.25) is 11.8 Å². The first-order chi connectivity index (χ1) is 11.0. The van der Waals surface area contributed by atoms with Gasteiger partial charge in [0.15, 0.2) is 0 Å². The lowest BCUT2D eigenvalue weighted by molar-refractivity contribution is -0.123. The van der Waals surface area contributed by atoms with Crippen LogP contribution in [-0.4, -0.2) is 48.4 Å². The Morgan fingerprint density at radius 3 is 2.35 bits per heavy atom. The monoisotopic (exact) mass is 324 g/mol. The minimum absolute atomic E-state index is 0.0922. The van der Waals surface area contributed by atoms with Crippen molar-refractivity contribution in [2.24, 2.45) is 17.6 Å². The first-order valence-corrected chi connectivity index (χ1v) is 8.57. The van der Waals surface area contributed by atoms with E-state index in [0.29, 0.717) is 31.8 Å². The number of urea groups is 1. The van der Waals surface area contributed by atoms with Crippen molar-refractivity contribution in [2.75, 3.05) is 19.6 Å². The summed E-state index contributed by atoms with van der Waals surface area (Å²) in [6.45, 7) is 3.62. The molecule has 1 aliphatic carbocycles. The molecule has 4 N–H and O–H groups in total. The standard InChI is InChI=1S/C16H28N4O3/c1-11-4-2-3-5-13(11)18-16(23)19-14(21)10-20-8-6-12(7-9-20)15(17)22/h11-13H,2-10H2,1H3,(H2,17,22)(H2,18,19,21,23)/t11-,13+/m1/s1. The van der Waals surface area contributed by atoms with Gasteiger partial charge in [0, 0.05) is 12.0 Å². The molecule has 2 atom stereocenters. The molecule has 2 fully saturated rings. The molecule has 0 bridgehead atoms. The largest absolute Gasteiger partial charge is 0.369 e. The van der Waals surface area contributed by atoms with E-state index in [2.05, 4.69) is 17.6 Å². The number of hydrogen-bond donors (Lipinski definition) is 3. The summed E-state index contributed by atoms with van der Waals surface area (Å²) in [5, 5.41) is 5.31. The van der Waals surface area contributed by atoms with Crippen molar-refractivity contribution in [1.29, 1.82) is 0 Å². The maximum Gasteiger partial charge on any atom is 0.321 e. The van der Waals surface area contributed by atoms with Crippen molar-refractivity contribution in [2.45, 2.75) is 51.5 Å². The van der Waals surface area contributed by atoms with Crippen LogP contribution in [0.5, 0.6) is 0 Å². The zero-order valence-corrected chi connectivity index (χ0v) is 13.8. The summed E-state index contributed by atoms with van der Waals surface area (Å²) in [5.74, 6) is -0.207. The Bertz CT molecular complexity index is 447. The van der Waals surface area contributed by atoms with Gasteiger partial charge in [0.05, 0.1) is 6.54 Å². The van der Waals surface area contributed by atoms with Crippen LogP contribution in [0.4, 0.5) is 4.79 Å². The maximum atomic E-state index is 12.0. The number of likely N-dealkylation sites (tertiary alicyclic amines) is 1. The predicted molar refractivity (Wildman–Crippen MR) is 86.5 cm³/mol. The molecule has 4 amide bonds. The molecule has 1 aliphatic heterocycles. The number of hydrogen-bond acceptors (Lipinski definition) is 4. The number of carbonyl (C=O) groups excluding carboxylic acids is 3. The fourth-order valence-electron chi connectivity index (χ4n) is 3.48. The van der Waals surface area contributed by atoms with Crippen molar-refractivity contribution >= 4 is 17.8 Å². The number of primary amides is 1. The summed E-state index contributed by atoms with van der Waals surface area (Å²) >= 11 is 0. The Balaban J connectivity index is 1.68. The zero-order valence-electron chi connectivity index (χ0n) is 13.8. The molecule has 2 aliphatic rings. The number of nitrogens with one attached hydrogen (secondary N) is 2. The van der Waals surface area contributed by atoms with Crippen molar-refractivity contribution < 1.29 is 14.4 Å². The molecule has 0 aromatic rings. The summed E-state index contributed by atoms with van der Waals surface area (Å²) < 4.78 is 0. The lowest BCUT2D eigenvalue weighted by atomic mass is 9.86. The smallest absolute Gasteiger partial charge is 0.321 e. The molecule has 7 nitrogen and oxygen atoms in total. The molecule has 0 aromatic carbocycles. The van der Waals surface area contributed by atoms with Crippen LogP contribution in [0.25, 0.3) is 0 Å². The second-order valence-electron chi connectivity index (χ2n) is 6.84. The Morgan fingerprint density at radius 1 is 1.09 bits per heavy atom. The van der Waals surface area contributed by atoms with Crippen LogP contribution < -0.4 is 16.4 Å². The van der Waals surface area contributed by atoms with Gasteiger partial charge in [-0.05, 0) is 44.7 Å². The molecule has 1 saturated heterocycles. The van der Waals surface area contributed by atoms with E-state index in [1.165, 1.54) is 6.42 Å². The number of rotatable bonds is 4. The zero-order chi connectivity index (χ0) is 16.8. The van der Waals surface area contributed by atoms with E-state index in [1.54, 1.807) is 0 Å². The molecule has 130 valence electrons. The normalized spacial score (nSPS) is 26.5. The highest BCUT2D eigenvalue weighted by atomic mass is 16.2. The Hall–Kier alpha value is -1.63. The van der Waals surface area contributed by atoms with E-state index in [-0.39, 0.29) is 30.3 Å². The van der Waals surface area contributed by atoms with Gasteiger partial charge in [0.25, 0.3) is 0 Å². The van der Waals surface area contributed by atoms with Gasteiger partial charge in [-0.15, -0.1) is 0 Å². The van der Waals surface area contributed by atoms with Gasteiger partial charge in [-0.3, -0.25) is 19.8 Å². The summed E-state index contributed by atoms with van der Waals surface area (Å²) in [4.78, 5) is 36.9. The third kappa shape index (κ3) is 5.49. The summed E-state index contributed by atoms with van der Waals surface area (Å²) in [7, 11) is 0. The third-order valence-electron chi connectivity index (χ3n) is 5.04. The minimum atomic E-state index is -0.402. The van der Waals surface area contributed by atoms with Crippen LogP contribution in [0.2, 0.25) is 0 Å². The van der Waals surface area contributed by atoms with Crippen molar-refractivity contribution in [3.05, 3.63) is 0 Å². The SMILES string of the molecule is C[C@@H]1CCCC[C@@H]1NC(=O)NC(=O)CN1CCC(C(N)=O)CC1. The molecule has 0 aromatic heterocycles. The fraction of sp³-hybridized carbons (Fsp3) is 0.812. The lowest BCUT2D eigenvalue weighted by Crippen LogP contribution is -2.50. The molecular weight excluding hydrogens is 296 g/mol. The van der Waals surface area contributed by atoms with Crippen LogP contribution in [0, 0.1) is 11.8 Å². The fourth-order valence-corrected chi connectivity index (χ4v) is 3.48. The quantitative estimate of drug-likeness (QED) is 0.704. The molecule has 0 radical (unpaired) electrons. The number of imide groups is 1. The highest BCUT2D eigenvalue weighted by Gasteiger charge is 2.26. The number of nitrogens with two attached hydrogens (primary N) is 1. The van der Waals surface area contributed by atoms with Crippen LogP contribution in [0.15, 0.2) is 0 Å². The second kappa shape index (κ2) is 8.29. The van der Waals surface area contributed by atoms with Crippen molar-refractivity contribution in [3.8, 4) is 0 Å². The van der Waals surface area contributed by atoms with E-state index < -0.39 is 6.03 Å². The number of carbonyl (C=O) groups is 3. The highest BCUT2D eigenvalue weighted by molar-refractivity contribution is 5.95. The molecule has 0 unspecified atom stereocenters. The van der Waals surface area contributed by atoms with Crippen LogP contribution in [-0.2, 0) is 9.59 Å². The van der Waals surface area contributed by atoms with E-state index in [1.807, 2.05) is 4.90 Å². The highest BCUT2D eigenvalue weighted by Crippen LogP contribution is 2.23. The summed E-state index contributed by atoms with van der Waals surface area (Å²) in [6.07, 6.45) is 5.78. The van der Waals surface area contributed by atoms with Crippen LogP contribution >= 0.6 is 0 Å². The van der Waals surface area contributed by atoms with Gasteiger partial charge in [0.1, 0.15) is 0 Å². The molecule has 0 spiro atoms. The molecule has 23 heavy (non-hydrogen) atoms. The minimum Gasteiger partial charge on any atom is -0.369 e. The Morgan fingerprint density at radius 2 is 1.74 bits per heavy atom. The molecular formula is C16H28N4O3. The van der Waals surface area contributed by atoms with E-state index in [0.717, 1.165) is 19.3 Å².